The van der Waals surface area contributed by atoms with Gasteiger partial charge in [0.05, 0.1) is 5.56 Å². The van der Waals surface area contributed by atoms with Crippen molar-refractivity contribution in [3.8, 4) is 22.6 Å². The fraction of sp³-hybridized carbons (Fsp3) is 0.500. The summed E-state index contributed by atoms with van der Waals surface area (Å²) in [5.74, 6) is 0.903. The third-order valence-electron chi connectivity index (χ3n) is 9.68. The van der Waals surface area contributed by atoms with E-state index >= 15 is 0 Å². The Balaban J connectivity index is 1.39. The number of Topliss-reactive ketones (excluding diaryl/α,β-unsaturated/α-hetero) is 1. The van der Waals surface area contributed by atoms with Crippen LogP contribution < -0.4 is 9.47 Å². The number of pyridine rings is 1. The van der Waals surface area contributed by atoms with E-state index in [1.165, 1.54) is 0 Å². The van der Waals surface area contributed by atoms with Crippen molar-refractivity contribution < 1.29 is 19.1 Å². The van der Waals surface area contributed by atoms with Gasteiger partial charge < -0.3 is 19.3 Å². The molecule has 1 unspecified atom stereocenters. The summed E-state index contributed by atoms with van der Waals surface area (Å²) in [5.41, 5.74) is 7.06. The Kier molecular flexibility index (Phi) is 7.05. The van der Waals surface area contributed by atoms with Crippen LogP contribution in [0.2, 0.25) is 0 Å². The fourth-order valence-electron chi connectivity index (χ4n) is 7.32. The van der Waals surface area contributed by atoms with E-state index in [1.54, 1.807) is 6.20 Å². The number of ketones is 1. The Morgan fingerprint density at radius 1 is 1.05 bits per heavy atom. The Hall–Kier alpha value is -3.45. The van der Waals surface area contributed by atoms with E-state index in [1.807, 2.05) is 44.0 Å². The van der Waals surface area contributed by atoms with Gasteiger partial charge in [-0.15, -0.1) is 0 Å². The smallest absolute Gasteiger partial charge is 0.254 e. The minimum absolute atomic E-state index is 0.0558. The van der Waals surface area contributed by atoms with Crippen molar-refractivity contribution >= 4 is 11.7 Å². The lowest BCUT2D eigenvalue weighted by Crippen LogP contribution is -2.46. The van der Waals surface area contributed by atoms with Crippen LogP contribution in [0.25, 0.3) is 11.1 Å². The minimum Gasteiger partial charge on any atom is -0.448 e. The van der Waals surface area contributed by atoms with E-state index in [9.17, 15) is 9.59 Å². The molecule has 2 aliphatic carbocycles. The van der Waals surface area contributed by atoms with Gasteiger partial charge in [0.2, 0.25) is 0 Å². The number of benzene rings is 1. The molecule has 0 spiro atoms. The predicted octanol–water partition coefficient (Wildman–Crippen LogP) is 5.90. The van der Waals surface area contributed by atoms with Crippen LogP contribution in [-0.4, -0.2) is 65.5 Å². The number of amides is 1. The van der Waals surface area contributed by atoms with Gasteiger partial charge in [0, 0.05) is 73.1 Å². The maximum Gasteiger partial charge on any atom is 0.254 e. The molecule has 0 bridgehead atoms. The Morgan fingerprint density at radius 2 is 1.78 bits per heavy atom. The second-order valence-electron chi connectivity index (χ2n) is 12.7. The van der Waals surface area contributed by atoms with E-state index in [-0.39, 0.29) is 17.6 Å². The fourth-order valence-corrected chi connectivity index (χ4v) is 7.32. The molecule has 1 amide bonds. The molecule has 2 aliphatic heterocycles. The van der Waals surface area contributed by atoms with Gasteiger partial charge >= 0.3 is 0 Å². The first kappa shape index (κ1) is 27.7. The van der Waals surface area contributed by atoms with Crippen LogP contribution in [0.1, 0.15) is 74.4 Å². The molecule has 0 N–H and O–H groups in total. The molecule has 1 saturated carbocycles. The molecular formula is C34H41N3O4. The quantitative estimate of drug-likeness (QED) is 0.458. The number of hydrogen-bond donors (Lipinski definition) is 0. The maximum atomic E-state index is 14.2. The van der Waals surface area contributed by atoms with Crippen LogP contribution in [0.15, 0.2) is 47.3 Å². The first-order valence-electron chi connectivity index (χ1n) is 14.9. The summed E-state index contributed by atoms with van der Waals surface area (Å²) in [6.07, 6.45) is 11.0. The Bertz CT molecular complexity index is 1470. The molecule has 0 saturated heterocycles. The van der Waals surface area contributed by atoms with Crippen molar-refractivity contribution in [1.82, 2.24) is 14.8 Å². The normalized spacial score (nSPS) is 26.0. The first-order valence-corrected chi connectivity index (χ1v) is 14.9. The first-order chi connectivity index (χ1) is 19.6. The number of nitrogens with zero attached hydrogens (tertiary/aromatic N) is 3. The van der Waals surface area contributed by atoms with Gasteiger partial charge in [-0.2, -0.15) is 0 Å². The topological polar surface area (TPSA) is 72.0 Å². The molecule has 3 heterocycles. The number of allylic oxidation sites excluding steroid dienone is 3. The minimum atomic E-state index is -0.797. The summed E-state index contributed by atoms with van der Waals surface area (Å²) < 4.78 is 13.6. The highest BCUT2D eigenvalue weighted by atomic mass is 16.7. The van der Waals surface area contributed by atoms with Crippen LogP contribution in [0, 0.1) is 12.8 Å². The summed E-state index contributed by atoms with van der Waals surface area (Å²) in [5, 5.41) is 0. The standard InChI is InChI=1S/C34H41N3O4/c1-20-16-21(2)27(28(38)17-20)19-37-15-13-26-29(33(37)39)22(3)31-32(30(26)23-8-7-14-35-18-23)41-34(4,40-31)24-9-11-25(12-10-24)36(5)6/h7-8,14,16,18,24-25H,9-13,15,17,19H2,1-6H3. The Morgan fingerprint density at radius 3 is 2.44 bits per heavy atom. The molecular weight excluding hydrogens is 514 g/mol. The summed E-state index contributed by atoms with van der Waals surface area (Å²) in [6, 6.07) is 4.53. The number of aromatic nitrogens is 1. The molecule has 0 radical (unpaired) electrons. The van der Waals surface area contributed by atoms with Crippen LogP contribution >= 0.6 is 0 Å². The lowest BCUT2D eigenvalue weighted by atomic mass is 9.81. The molecule has 6 rings (SSSR count). The average Bonchev–Trinajstić information content (AvgIpc) is 3.31. The maximum absolute atomic E-state index is 14.2. The molecule has 4 aliphatic rings. The van der Waals surface area contributed by atoms with E-state index in [0.717, 1.165) is 70.4 Å². The second kappa shape index (κ2) is 10.4. The molecule has 1 aromatic carbocycles. The number of ether oxygens (including phenoxy) is 2. The number of fused-ring (bicyclic) bond motifs is 2. The van der Waals surface area contributed by atoms with Crippen LogP contribution in [0.3, 0.4) is 0 Å². The highest BCUT2D eigenvalue weighted by Crippen LogP contribution is 2.55. The van der Waals surface area contributed by atoms with Gasteiger partial charge in [-0.1, -0.05) is 17.7 Å². The van der Waals surface area contributed by atoms with E-state index in [4.69, 9.17) is 9.47 Å². The second-order valence-corrected chi connectivity index (χ2v) is 12.7. The third-order valence-corrected chi connectivity index (χ3v) is 9.68. The zero-order chi connectivity index (χ0) is 29.1. The van der Waals surface area contributed by atoms with E-state index in [2.05, 4.69) is 37.0 Å². The molecule has 2 aromatic rings. The van der Waals surface area contributed by atoms with Gasteiger partial charge in [0.1, 0.15) is 0 Å². The van der Waals surface area contributed by atoms with Gasteiger partial charge in [-0.05, 0) is 84.2 Å². The van der Waals surface area contributed by atoms with Crippen molar-refractivity contribution in [2.75, 3.05) is 27.2 Å². The van der Waals surface area contributed by atoms with Crippen LogP contribution in [0.5, 0.6) is 11.5 Å². The predicted molar refractivity (Wildman–Crippen MR) is 159 cm³/mol. The summed E-state index contributed by atoms with van der Waals surface area (Å²) in [7, 11) is 4.30. The molecule has 1 fully saturated rings. The van der Waals surface area contributed by atoms with E-state index < -0.39 is 5.79 Å². The molecule has 216 valence electrons. The van der Waals surface area contributed by atoms with Gasteiger partial charge in [0.15, 0.2) is 17.3 Å². The third kappa shape index (κ3) is 4.78. The van der Waals surface area contributed by atoms with Crippen LogP contribution in [0.4, 0.5) is 0 Å². The molecule has 7 nitrogen and oxygen atoms in total. The highest BCUT2D eigenvalue weighted by molar-refractivity contribution is 6.04. The van der Waals surface area contributed by atoms with Gasteiger partial charge in [-0.25, -0.2) is 0 Å². The van der Waals surface area contributed by atoms with Crippen LogP contribution in [-0.2, 0) is 11.2 Å². The molecule has 7 heteroatoms. The average molecular weight is 556 g/mol. The van der Waals surface area contributed by atoms with Crippen molar-refractivity contribution in [2.45, 2.75) is 78.0 Å². The lowest BCUT2D eigenvalue weighted by molar-refractivity contribution is -0.123. The lowest BCUT2D eigenvalue weighted by Gasteiger charge is -2.39. The monoisotopic (exact) mass is 555 g/mol. The summed E-state index contributed by atoms with van der Waals surface area (Å²) >= 11 is 0. The van der Waals surface area contributed by atoms with E-state index in [0.29, 0.717) is 43.3 Å². The summed E-state index contributed by atoms with van der Waals surface area (Å²) in [4.78, 5) is 35.6. The largest absolute Gasteiger partial charge is 0.448 e. The number of carbonyl (C=O) groups excluding carboxylic acids is 2. The zero-order valence-electron chi connectivity index (χ0n) is 25.2. The molecule has 1 aromatic heterocycles. The Labute approximate surface area is 243 Å². The zero-order valence-corrected chi connectivity index (χ0v) is 25.2. The van der Waals surface area contributed by atoms with Crippen molar-refractivity contribution in [2.24, 2.45) is 5.92 Å². The van der Waals surface area contributed by atoms with Crippen molar-refractivity contribution in [1.29, 1.82) is 0 Å². The summed E-state index contributed by atoms with van der Waals surface area (Å²) in [6.45, 7) is 8.86. The van der Waals surface area contributed by atoms with Gasteiger partial charge in [0.25, 0.3) is 11.7 Å². The van der Waals surface area contributed by atoms with Crippen molar-refractivity contribution in [3.05, 3.63) is 64.0 Å². The highest BCUT2D eigenvalue weighted by Gasteiger charge is 2.49. The van der Waals surface area contributed by atoms with Gasteiger partial charge in [-0.3, -0.25) is 14.6 Å². The molecule has 41 heavy (non-hydrogen) atoms. The number of rotatable bonds is 5. The number of hydrogen-bond acceptors (Lipinski definition) is 6. The SMILES string of the molecule is CC1=CC(C)=C(CN2CCc3c(c(C)c4c(c3-c3cccnc3)OC(C)(C3CCC(N(C)C)CC3)O4)C2=O)C(=O)C1. The molecule has 1 atom stereocenters. The van der Waals surface area contributed by atoms with Crippen molar-refractivity contribution in [3.63, 3.8) is 0 Å². The number of carbonyl (C=O) groups is 2.